The highest BCUT2D eigenvalue weighted by molar-refractivity contribution is 7.09. The minimum Gasteiger partial charge on any atom is -0.465 e. The predicted molar refractivity (Wildman–Crippen MR) is 74.9 cm³/mol. The second kappa shape index (κ2) is 8.24. The molecule has 0 saturated carbocycles. The molecular weight excluding hydrogens is 264 g/mol. The van der Waals surface area contributed by atoms with Crippen LogP contribution >= 0.6 is 11.3 Å². The van der Waals surface area contributed by atoms with Crippen molar-refractivity contribution in [3.05, 3.63) is 16.1 Å². The molecule has 19 heavy (non-hydrogen) atoms. The molecule has 0 aromatic carbocycles. The molecule has 108 valence electrons. The van der Waals surface area contributed by atoms with Gasteiger partial charge in [0.2, 0.25) is 0 Å². The van der Waals surface area contributed by atoms with E-state index in [-0.39, 0.29) is 17.9 Å². The maximum atomic E-state index is 11.8. The van der Waals surface area contributed by atoms with Gasteiger partial charge in [-0.3, -0.25) is 10.1 Å². The molecule has 1 aromatic rings. The lowest BCUT2D eigenvalue weighted by Gasteiger charge is -2.19. The molecule has 0 aliphatic rings. The van der Waals surface area contributed by atoms with Crippen LogP contribution in [0.15, 0.2) is 5.38 Å². The number of nitrogens with one attached hydrogen (secondary N) is 1. The fourth-order valence-corrected chi connectivity index (χ4v) is 2.42. The molecule has 0 spiro atoms. The van der Waals surface area contributed by atoms with Crippen LogP contribution in [-0.2, 0) is 27.4 Å². The van der Waals surface area contributed by atoms with E-state index in [0.29, 0.717) is 19.8 Å². The molecule has 1 N–H and O–H groups in total. The monoisotopic (exact) mass is 286 g/mol. The molecule has 0 saturated heterocycles. The van der Waals surface area contributed by atoms with Gasteiger partial charge in [-0.1, -0.05) is 13.8 Å². The first-order valence-electron chi connectivity index (χ1n) is 6.40. The van der Waals surface area contributed by atoms with Crippen molar-refractivity contribution in [2.75, 3.05) is 13.7 Å². The molecule has 0 aliphatic carbocycles. The van der Waals surface area contributed by atoms with Crippen LogP contribution < -0.4 is 5.32 Å². The minimum atomic E-state index is -0.299. The Hall–Kier alpha value is -0.980. The van der Waals surface area contributed by atoms with Crippen LogP contribution in [0.25, 0.3) is 0 Å². The first-order valence-corrected chi connectivity index (χ1v) is 7.28. The molecule has 0 radical (unpaired) electrons. The van der Waals surface area contributed by atoms with E-state index in [1.54, 1.807) is 18.4 Å². The molecule has 0 bridgehead atoms. The number of nitrogens with zero attached hydrogens (tertiary/aromatic N) is 1. The zero-order valence-electron chi connectivity index (χ0n) is 11.9. The summed E-state index contributed by atoms with van der Waals surface area (Å²) in [6.45, 7) is 7.28. The molecule has 6 heteroatoms. The minimum absolute atomic E-state index is 0.177. The number of hydrogen-bond donors (Lipinski definition) is 1. The van der Waals surface area contributed by atoms with Crippen LogP contribution in [0.2, 0.25) is 0 Å². The first-order chi connectivity index (χ1) is 9.08. The van der Waals surface area contributed by atoms with Gasteiger partial charge in [-0.25, -0.2) is 4.98 Å². The lowest BCUT2D eigenvalue weighted by molar-refractivity contribution is -0.146. The number of thiazole rings is 1. The van der Waals surface area contributed by atoms with Gasteiger partial charge in [-0.05, 0) is 12.8 Å². The van der Waals surface area contributed by atoms with E-state index in [4.69, 9.17) is 9.47 Å². The molecular formula is C13H22N2O3S. The number of carbonyl (C=O) groups excluding carboxylic acids is 1. The third-order valence-corrected chi connectivity index (χ3v) is 3.45. The molecule has 1 heterocycles. The van der Waals surface area contributed by atoms with Crippen molar-refractivity contribution in [3.63, 3.8) is 0 Å². The Morgan fingerprint density at radius 2 is 2.26 bits per heavy atom. The van der Waals surface area contributed by atoms with E-state index in [0.717, 1.165) is 10.7 Å². The van der Waals surface area contributed by atoms with Crippen LogP contribution in [0.5, 0.6) is 0 Å². The van der Waals surface area contributed by atoms with E-state index >= 15 is 0 Å². The van der Waals surface area contributed by atoms with E-state index < -0.39 is 0 Å². The normalized spacial score (nSPS) is 12.7. The van der Waals surface area contributed by atoms with Gasteiger partial charge in [0.1, 0.15) is 11.0 Å². The number of esters is 1. The van der Waals surface area contributed by atoms with Crippen molar-refractivity contribution >= 4 is 17.3 Å². The van der Waals surface area contributed by atoms with Crippen LogP contribution in [0, 0.1) is 5.92 Å². The van der Waals surface area contributed by atoms with E-state index in [1.807, 2.05) is 26.2 Å². The van der Waals surface area contributed by atoms with Gasteiger partial charge < -0.3 is 9.47 Å². The van der Waals surface area contributed by atoms with Crippen molar-refractivity contribution in [2.45, 2.75) is 40.0 Å². The number of methoxy groups -OCH3 is 1. The Labute approximate surface area is 118 Å². The zero-order chi connectivity index (χ0) is 14.3. The lowest BCUT2D eigenvalue weighted by Crippen LogP contribution is -2.41. The fraction of sp³-hybridized carbons (Fsp3) is 0.692. The Morgan fingerprint density at radius 1 is 1.53 bits per heavy atom. The van der Waals surface area contributed by atoms with E-state index in [2.05, 4.69) is 10.3 Å². The van der Waals surface area contributed by atoms with E-state index in [1.165, 1.54) is 0 Å². The Morgan fingerprint density at radius 3 is 2.84 bits per heavy atom. The smallest absolute Gasteiger partial charge is 0.323 e. The second-order valence-corrected chi connectivity index (χ2v) is 5.46. The van der Waals surface area contributed by atoms with Crippen molar-refractivity contribution in [1.29, 1.82) is 0 Å². The van der Waals surface area contributed by atoms with Gasteiger partial charge in [0, 0.05) is 19.0 Å². The third kappa shape index (κ3) is 5.26. The van der Waals surface area contributed by atoms with Crippen molar-refractivity contribution in [3.8, 4) is 0 Å². The number of ether oxygens (including phenoxy) is 2. The standard InChI is InChI=1S/C13H22N2O3S/c1-5-18-13(16)12(9(2)3)14-6-10-8-19-11(15-10)7-17-4/h8-9,12,14H,5-7H2,1-4H3/t12-/m1/s1. The summed E-state index contributed by atoms with van der Waals surface area (Å²) in [5.41, 5.74) is 0.923. The second-order valence-electron chi connectivity index (χ2n) is 4.52. The number of carbonyl (C=O) groups is 1. The Balaban J connectivity index is 2.53. The largest absolute Gasteiger partial charge is 0.465 e. The summed E-state index contributed by atoms with van der Waals surface area (Å²) in [4.78, 5) is 16.2. The van der Waals surface area contributed by atoms with E-state index in [9.17, 15) is 4.79 Å². The predicted octanol–water partition coefficient (Wildman–Crippen LogP) is 1.97. The summed E-state index contributed by atoms with van der Waals surface area (Å²) in [6, 6.07) is -0.299. The third-order valence-electron chi connectivity index (χ3n) is 2.58. The Kier molecular flexibility index (Phi) is 6.97. The average Bonchev–Trinajstić information content (AvgIpc) is 2.77. The first kappa shape index (κ1) is 16.1. The quantitative estimate of drug-likeness (QED) is 0.740. The number of aromatic nitrogens is 1. The van der Waals surface area contributed by atoms with Gasteiger partial charge in [0.05, 0.1) is 18.9 Å². The number of rotatable bonds is 8. The molecule has 0 fully saturated rings. The van der Waals surface area contributed by atoms with Gasteiger partial charge >= 0.3 is 5.97 Å². The topological polar surface area (TPSA) is 60.5 Å². The molecule has 0 aliphatic heterocycles. The number of hydrogen-bond acceptors (Lipinski definition) is 6. The molecule has 0 amide bonds. The fourth-order valence-electron chi connectivity index (χ4n) is 1.66. The SMILES string of the molecule is CCOC(=O)[C@H](NCc1csc(COC)n1)C(C)C. The summed E-state index contributed by atoms with van der Waals surface area (Å²) in [5.74, 6) is -0.0269. The summed E-state index contributed by atoms with van der Waals surface area (Å²) in [5, 5.41) is 6.12. The van der Waals surface area contributed by atoms with Gasteiger partial charge in [-0.2, -0.15) is 0 Å². The van der Waals surface area contributed by atoms with Gasteiger partial charge in [-0.15, -0.1) is 11.3 Å². The molecule has 1 aromatic heterocycles. The highest BCUT2D eigenvalue weighted by Crippen LogP contribution is 2.12. The van der Waals surface area contributed by atoms with Crippen molar-refractivity contribution in [2.24, 2.45) is 5.92 Å². The summed E-state index contributed by atoms with van der Waals surface area (Å²) >= 11 is 1.56. The molecule has 5 nitrogen and oxygen atoms in total. The van der Waals surface area contributed by atoms with Gasteiger partial charge in [0.25, 0.3) is 0 Å². The lowest BCUT2D eigenvalue weighted by atomic mass is 10.0. The van der Waals surface area contributed by atoms with Crippen LogP contribution in [-0.4, -0.2) is 30.7 Å². The van der Waals surface area contributed by atoms with Crippen LogP contribution in [0.4, 0.5) is 0 Å². The van der Waals surface area contributed by atoms with Gasteiger partial charge in [0.15, 0.2) is 0 Å². The van der Waals surface area contributed by atoms with Crippen molar-refractivity contribution < 1.29 is 14.3 Å². The molecule has 1 rings (SSSR count). The molecule has 0 unspecified atom stereocenters. The maximum absolute atomic E-state index is 11.8. The maximum Gasteiger partial charge on any atom is 0.323 e. The summed E-state index contributed by atoms with van der Waals surface area (Å²) < 4.78 is 10.1. The average molecular weight is 286 g/mol. The highest BCUT2D eigenvalue weighted by atomic mass is 32.1. The Bertz CT molecular complexity index is 393. The molecule has 1 atom stereocenters. The highest BCUT2D eigenvalue weighted by Gasteiger charge is 2.22. The van der Waals surface area contributed by atoms with Crippen LogP contribution in [0.3, 0.4) is 0 Å². The summed E-state index contributed by atoms with van der Waals surface area (Å²) in [7, 11) is 1.65. The zero-order valence-corrected chi connectivity index (χ0v) is 12.8. The van der Waals surface area contributed by atoms with Crippen LogP contribution in [0.1, 0.15) is 31.5 Å². The summed E-state index contributed by atoms with van der Waals surface area (Å²) in [6.07, 6.45) is 0. The van der Waals surface area contributed by atoms with Crippen molar-refractivity contribution in [1.82, 2.24) is 10.3 Å².